The lowest BCUT2D eigenvalue weighted by molar-refractivity contribution is -0.148. The minimum Gasteiger partial charge on any atom is -0.481 e. The number of benzene rings is 2. The van der Waals surface area contributed by atoms with Gasteiger partial charge in [-0.05, 0) is 69.0 Å². The molecule has 0 unspecified atom stereocenters. The minimum absolute atomic E-state index is 0.130. The Hall–Kier alpha value is -4.27. The van der Waals surface area contributed by atoms with E-state index in [1.165, 1.54) is 0 Å². The molecular weight excluding hydrogens is 755 g/mol. The molecule has 0 saturated heterocycles. The summed E-state index contributed by atoms with van der Waals surface area (Å²) in [4.78, 5) is 53.3. The van der Waals surface area contributed by atoms with Crippen LogP contribution in [0.3, 0.4) is 0 Å². The summed E-state index contributed by atoms with van der Waals surface area (Å²) in [6, 6.07) is 10.6. The predicted octanol–water partition coefficient (Wildman–Crippen LogP) is 6.16. The van der Waals surface area contributed by atoms with E-state index in [9.17, 15) is 24.6 Å². The van der Waals surface area contributed by atoms with Crippen LogP contribution in [0.5, 0.6) is 0 Å². The fourth-order valence-corrected chi connectivity index (χ4v) is 10.2. The Morgan fingerprint density at radius 2 is 1.27 bits per heavy atom. The van der Waals surface area contributed by atoms with E-state index in [1.54, 1.807) is 24.3 Å². The molecule has 2 aromatic heterocycles. The monoisotopic (exact) mass is 802 g/mol. The van der Waals surface area contributed by atoms with Crippen molar-refractivity contribution >= 4 is 52.4 Å². The molecule has 15 heteroatoms. The number of carbonyl (C=O) groups is 3. The van der Waals surface area contributed by atoms with E-state index in [0.29, 0.717) is 57.9 Å². The number of aliphatic hydroxyl groups is 1. The van der Waals surface area contributed by atoms with Crippen molar-refractivity contribution in [3.63, 3.8) is 0 Å². The van der Waals surface area contributed by atoms with Gasteiger partial charge >= 0.3 is 5.97 Å². The number of aliphatic carboxylic acids is 1. The predicted molar refractivity (Wildman–Crippen MR) is 214 cm³/mol. The van der Waals surface area contributed by atoms with Crippen LogP contribution in [0.4, 0.5) is 11.4 Å². The Balaban J connectivity index is 0.936. The third-order valence-electron chi connectivity index (χ3n) is 12.9. The van der Waals surface area contributed by atoms with Crippen molar-refractivity contribution < 1.29 is 24.6 Å². The van der Waals surface area contributed by atoms with Crippen LogP contribution in [-0.2, 0) is 44.8 Å². The third-order valence-corrected chi connectivity index (χ3v) is 13.7. The molecule has 4 aromatic rings. The first kappa shape index (κ1) is 38.6. The summed E-state index contributed by atoms with van der Waals surface area (Å²) in [5, 5.41) is 25.5. The number of aromatic nitrogens is 4. The first-order chi connectivity index (χ1) is 26.9. The van der Waals surface area contributed by atoms with Gasteiger partial charge in [-0.1, -0.05) is 47.5 Å². The van der Waals surface area contributed by atoms with Crippen molar-refractivity contribution in [3.8, 4) is 11.1 Å². The normalized spacial score (nSPS) is 21.9. The lowest BCUT2D eigenvalue weighted by Gasteiger charge is -2.32. The van der Waals surface area contributed by atoms with E-state index in [0.717, 1.165) is 100 Å². The van der Waals surface area contributed by atoms with Crippen LogP contribution in [0.2, 0.25) is 10.0 Å². The zero-order chi connectivity index (χ0) is 39.4. The molecular formula is C41H48Cl2N8O5. The summed E-state index contributed by atoms with van der Waals surface area (Å²) in [7, 11) is 3.71. The number of carboxylic acids is 1. The number of hydrogen-bond acceptors (Lipinski definition) is 8. The van der Waals surface area contributed by atoms with Crippen LogP contribution < -0.4 is 10.6 Å². The fraction of sp³-hybridized carbons (Fsp3) is 0.488. The highest BCUT2D eigenvalue weighted by atomic mass is 35.5. The van der Waals surface area contributed by atoms with Gasteiger partial charge in [0.15, 0.2) is 11.6 Å². The quantitative estimate of drug-likeness (QED) is 0.132. The van der Waals surface area contributed by atoms with Crippen LogP contribution in [-0.4, -0.2) is 89.7 Å². The third kappa shape index (κ3) is 7.02. The van der Waals surface area contributed by atoms with Gasteiger partial charge in [0.2, 0.25) is 0 Å². The molecule has 56 heavy (non-hydrogen) atoms. The number of imidazole rings is 2. The molecule has 0 atom stereocenters. The van der Waals surface area contributed by atoms with Gasteiger partial charge in [0.25, 0.3) is 11.8 Å². The number of fused-ring (bicyclic) bond motifs is 4. The topological polar surface area (TPSA) is 158 Å². The largest absolute Gasteiger partial charge is 0.481 e. The van der Waals surface area contributed by atoms with Gasteiger partial charge in [0.05, 0.1) is 38.2 Å². The molecule has 4 aliphatic rings. The standard InChI is InChI=1S/C41H48Cl2N8O5/c1-48-31-10-18-50(17-5-21-52)22-29(31)44-35(48)37(53)46-27-8-3-6-25(33(27)42)26-7-4-9-28(34(26)43)47-38(54)36-45-30-23-51(19-11-32(30)49(36)2)20-16-40-12-14-41(24-40,15-13-40)39(55)56/h3-4,6-9,52H,5,10-24H2,1-2H3,(H,46,53)(H,47,54)(H,55,56). The molecule has 2 fully saturated rings. The lowest BCUT2D eigenvalue weighted by Crippen LogP contribution is -2.34. The van der Waals surface area contributed by atoms with Gasteiger partial charge in [-0.2, -0.15) is 0 Å². The van der Waals surface area contributed by atoms with Gasteiger partial charge in [0, 0.05) is 88.8 Å². The highest BCUT2D eigenvalue weighted by Crippen LogP contribution is 2.63. The summed E-state index contributed by atoms with van der Waals surface area (Å²) in [6.45, 7) is 4.76. The first-order valence-electron chi connectivity index (χ1n) is 19.5. The van der Waals surface area contributed by atoms with Crippen LogP contribution in [0.1, 0.15) is 89.0 Å². The van der Waals surface area contributed by atoms with Gasteiger partial charge in [-0.25, -0.2) is 9.97 Å². The summed E-state index contributed by atoms with van der Waals surface area (Å²) >= 11 is 13.9. The van der Waals surface area contributed by atoms with Gasteiger partial charge in [-0.15, -0.1) is 0 Å². The number of nitrogens with one attached hydrogen (secondary N) is 2. The van der Waals surface area contributed by atoms with Crippen molar-refractivity contribution in [3.05, 3.63) is 80.9 Å². The number of nitrogens with zero attached hydrogens (tertiary/aromatic N) is 6. The molecule has 0 spiro atoms. The molecule has 8 rings (SSSR count). The van der Waals surface area contributed by atoms with Gasteiger partial charge in [0.1, 0.15) is 0 Å². The summed E-state index contributed by atoms with van der Waals surface area (Å²) in [6.07, 6.45) is 7.57. The smallest absolute Gasteiger partial charge is 0.309 e. The molecule has 13 nitrogen and oxygen atoms in total. The molecule has 2 bridgehead atoms. The number of halogens is 2. The van der Waals surface area contributed by atoms with Crippen LogP contribution in [0.15, 0.2) is 36.4 Å². The number of aliphatic hydroxyl groups excluding tert-OH is 1. The maximum atomic E-state index is 13.7. The van der Waals surface area contributed by atoms with Crippen molar-refractivity contribution in [2.24, 2.45) is 24.9 Å². The maximum Gasteiger partial charge on any atom is 0.309 e. The zero-order valence-corrected chi connectivity index (χ0v) is 33.3. The second-order valence-electron chi connectivity index (χ2n) is 16.2. The number of hydrogen-bond donors (Lipinski definition) is 4. The Bertz CT molecular complexity index is 2210. The number of rotatable bonds is 12. The van der Waals surface area contributed by atoms with Gasteiger partial charge < -0.3 is 30.0 Å². The molecule has 0 radical (unpaired) electrons. The molecule has 2 aliphatic heterocycles. The molecule has 2 aromatic carbocycles. The Morgan fingerprint density at radius 1 is 0.768 bits per heavy atom. The van der Waals surface area contributed by atoms with E-state index in [4.69, 9.17) is 28.2 Å². The van der Waals surface area contributed by atoms with Crippen molar-refractivity contribution in [2.45, 2.75) is 70.9 Å². The minimum atomic E-state index is -0.630. The SMILES string of the molecule is Cn1c(C(=O)Nc2cccc(-c3cccc(NC(=O)c4nc5c(n4C)CCN(CCC46CCC(C(=O)O)(CC4)C6)C5)c3Cl)c2Cl)nc2c1CCN(CCCO)C2. The van der Waals surface area contributed by atoms with Crippen LogP contribution in [0.25, 0.3) is 11.1 Å². The van der Waals surface area contributed by atoms with E-state index >= 15 is 0 Å². The summed E-state index contributed by atoms with van der Waals surface area (Å²) < 4.78 is 3.70. The highest BCUT2D eigenvalue weighted by molar-refractivity contribution is 6.40. The second-order valence-corrected chi connectivity index (χ2v) is 16.9. The Morgan fingerprint density at radius 3 is 1.73 bits per heavy atom. The van der Waals surface area contributed by atoms with E-state index < -0.39 is 11.4 Å². The second kappa shape index (κ2) is 15.2. The average Bonchev–Trinajstić information content (AvgIpc) is 3.95. The molecule has 2 saturated carbocycles. The van der Waals surface area contributed by atoms with Crippen LogP contribution >= 0.6 is 23.2 Å². The Labute approximate surface area is 336 Å². The van der Waals surface area contributed by atoms with E-state index in [1.807, 2.05) is 35.4 Å². The maximum absolute atomic E-state index is 13.7. The van der Waals surface area contributed by atoms with Crippen LogP contribution in [0, 0.1) is 10.8 Å². The molecule has 2 amide bonds. The fourth-order valence-electron chi connectivity index (χ4n) is 9.63. The molecule has 2 aliphatic carbocycles. The number of carboxylic acid groups (broad SMARTS) is 1. The number of anilines is 2. The summed E-state index contributed by atoms with van der Waals surface area (Å²) in [5.41, 5.74) is 5.39. The van der Waals surface area contributed by atoms with E-state index in [2.05, 4.69) is 25.4 Å². The average molecular weight is 804 g/mol. The molecule has 296 valence electrons. The molecule has 4 N–H and O–H groups in total. The van der Waals surface area contributed by atoms with Crippen molar-refractivity contribution in [2.75, 3.05) is 43.4 Å². The van der Waals surface area contributed by atoms with Crippen molar-refractivity contribution in [1.29, 1.82) is 0 Å². The summed E-state index contributed by atoms with van der Waals surface area (Å²) in [5.74, 6) is -0.807. The first-order valence-corrected chi connectivity index (χ1v) is 20.2. The number of amides is 2. The number of carbonyl (C=O) groups excluding carboxylic acids is 2. The van der Waals surface area contributed by atoms with E-state index in [-0.39, 0.29) is 29.7 Å². The Kier molecular flexibility index (Phi) is 10.5. The van der Waals surface area contributed by atoms with Crippen molar-refractivity contribution in [1.82, 2.24) is 28.9 Å². The molecule has 4 heterocycles. The van der Waals surface area contributed by atoms with Gasteiger partial charge in [-0.3, -0.25) is 24.2 Å². The highest BCUT2D eigenvalue weighted by Gasteiger charge is 2.57. The zero-order valence-electron chi connectivity index (χ0n) is 31.8. The lowest BCUT2D eigenvalue weighted by atomic mass is 9.80.